The summed E-state index contributed by atoms with van der Waals surface area (Å²) in [7, 11) is -2.97. The number of carboxylic acid groups (broad SMARTS) is 1. The average molecular weight is 418 g/mol. The van der Waals surface area contributed by atoms with Gasteiger partial charge in [0.2, 0.25) is 0 Å². The maximum atomic E-state index is 13.8. The number of halogens is 2. The molecule has 146 valence electrons. The summed E-state index contributed by atoms with van der Waals surface area (Å²) in [5.41, 5.74) is -1.65. The lowest BCUT2D eigenvalue weighted by atomic mass is 10.1. The molecule has 0 bridgehead atoms. The Hall–Kier alpha value is -2.46. The molecule has 0 amide bonds. The molecule has 27 heavy (non-hydrogen) atoms. The quantitative estimate of drug-likeness (QED) is 0.708. The van der Waals surface area contributed by atoms with Gasteiger partial charge in [0.15, 0.2) is 0 Å². The number of hydrogen-bond donors (Lipinski definition) is 2. The molecule has 1 atom stereocenters. The summed E-state index contributed by atoms with van der Waals surface area (Å²) in [5, 5.41) is 8.53. The SMILES string of the molecule is CS(=N)(=O)CCn1c(=O)c(-c2cccc(F)c2Cl)cn(CCC(=O)O)c1=O. The Balaban J connectivity index is 2.70. The molecule has 0 aliphatic heterocycles. The Morgan fingerprint density at radius 1 is 1.30 bits per heavy atom. The molecule has 1 aromatic carbocycles. The predicted octanol–water partition coefficient (Wildman–Crippen LogP) is 1.62. The number of nitrogens with zero attached hydrogens (tertiary/aromatic N) is 2. The van der Waals surface area contributed by atoms with Crippen molar-refractivity contribution in [3.05, 3.63) is 56.1 Å². The van der Waals surface area contributed by atoms with E-state index in [1.165, 1.54) is 18.4 Å². The van der Waals surface area contributed by atoms with Gasteiger partial charge < -0.3 is 5.11 Å². The maximum absolute atomic E-state index is 13.8. The molecule has 0 spiro atoms. The summed E-state index contributed by atoms with van der Waals surface area (Å²) < 4.78 is 34.6. The first-order chi connectivity index (χ1) is 12.5. The number of carbonyl (C=O) groups is 1. The van der Waals surface area contributed by atoms with E-state index in [2.05, 4.69) is 0 Å². The van der Waals surface area contributed by atoms with Gasteiger partial charge in [0.25, 0.3) is 5.56 Å². The zero-order chi connectivity index (χ0) is 20.4. The molecular formula is C16H17ClFN3O5S. The number of benzene rings is 1. The fourth-order valence-corrected chi connectivity index (χ4v) is 3.15. The van der Waals surface area contributed by atoms with Crippen LogP contribution in [0.3, 0.4) is 0 Å². The van der Waals surface area contributed by atoms with E-state index in [-0.39, 0.29) is 41.4 Å². The zero-order valence-corrected chi connectivity index (χ0v) is 15.8. The molecule has 0 radical (unpaired) electrons. The van der Waals surface area contributed by atoms with Gasteiger partial charge in [0.05, 0.1) is 17.0 Å². The van der Waals surface area contributed by atoms with E-state index in [9.17, 15) is 23.0 Å². The molecule has 1 aromatic heterocycles. The molecule has 0 aliphatic rings. The van der Waals surface area contributed by atoms with Crippen molar-refractivity contribution in [1.29, 1.82) is 4.78 Å². The normalized spacial score (nSPS) is 13.3. The smallest absolute Gasteiger partial charge is 0.331 e. The van der Waals surface area contributed by atoms with Crippen LogP contribution in [0.15, 0.2) is 34.0 Å². The van der Waals surface area contributed by atoms with Crippen molar-refractivity contribution in [3.63, 3.8) is 0 Å². The van der Waals surface area contributed by atoms with E-state index in [1.54, 1.807) is 0 Å². The predicted molar refractivity (Wildman–Crippen MR) is 99.3 cm³/mol. The fourth-order valence-electron chi connectivity index (χ4n) is 2.39. The molecule has 0 fully saturated rings. The van der Waals surface area contributed by atoms with Gasteiger partial charge in [-0.05, 0) is 6.07 Å². The number of rotatable bonds is 7. The summed E-state index contributed by atoms with van der Waals surface area (Å²) in [5.74, 6) is -2.15. The average Bonchev–Trinajstić information content (AvgIpc) is 2.56. The summed E-state index contributed by atoms with van der Waals surface area (Å²) in [6, 6.07) is 3.85. The Morgan fingerprint density at radius 3 is 2.56 bits per heavy atom. The minimum Gasteiger partial charge on any atom is -0.481 e. The van der Waals surface area contributed by atoms with Crippen molar-refractivity contribution in [2.24, 2.45) is 0 Å². The monoisotopic (exact) mass is 417 g/mol. The molecule has 1 unspecified atom stereocenters. The van der Waals surface area contributed by atoms with Crippen LogP contribution in [0.4, 0.5) is 4.39 Å². The lowest BCUT2D eigenvalue weighted by molar-refractivity contribution is -0.137. The van der Waals surface area contributed by atoms with E-state index in [0.29, 0.717) is 0 Å². The molecule has 0 aliphatic carbocycles. The number of aliphatic carboxylic acids is 1. The van der Waals surface area contributed by atoms with Crippen LogP contribution < -0.4 is 11.2 Å². The molecule has 2 rings (SSSR count). The largest absolute Gasteiger partial charge is 0.481 e. The maximum Gasteiger partial charge on any atom is 0.331 e. The molecule has 1 heterocycles. The van der Waals surface area contributed by atoms with Crippen LogP contribution >= 0.6 is 11.6 Å². The first kappa shape index (κ1) is 20.8. The van der Waals surface area contributed by atoms with Crippen molar-refractivity contribution in [2.75, 3.05) is 12.0 Å². The van der Waals surface area contributed by atoms with Crippen molar-refractivity contribution >= 4 is 27.3 Å². The highest BCUT2D eigenvalue weighted by Crippen LogP contribution is 2.27. The van der Waals surface area contributed by atoms with Crippen LogP contribution in [-0.2, 0) is 27.6 Å². The van der Waals surface area contributed by atoms with Gasteiger partial charge in [0, 0.05) is 46.6 Å². The van der Waals surface area contributed by atoms with E-state index < -0.39 is 32.8 Å². The number of carboxylic acids is 1. The molecular weight excluding hydrogens is 401 g/mol. The lowest BCUT2D eigenvalue weighted by Crippen LogP contribution is -2.41. The van der Waals surface area contributed by atoms with Crippen LogP contribution in [0.1, 0.15) is 6.42 Å². The first-order valence-electron chi connectivity index (χ1n) is 7.73. The molecule has 0 saturated carbocycles. The van der Waals surface area contributed by atoms with Crippen LogP contribution in [0.25, 0.3) is 11.1 Å². The van der Waals surface area contributed by atoms with Gasteiger partial charge in [-0.3, -0.25) is 27.7 Å². The number of hydrogen-bond acceptors (Lipinski definition) is 5. The lowest BCUT2D eigenvalue weighted by Gasteiger charge is -2.14. The highest BCUT2D eigenvalue weighted by molar-refractivity contribution is 7.91. The van der Waals surface area contributed by atoms with Crippen molar-refractivity contribution < 1.29 is 18.5 Å². The Kier molecular flexibility index (Phi) is 6.22. The van der Waals surface area contributed by atoms with Crippen molar-refractivity contribution in [1.82, 2.24) is 9.13 Å². The highest BCUT2D eigenvalue weighted by atomic mass is 35.5. The Morgan fingerprint density at radius 2 is 1.96 bits per heavy atom. The second-order valence-electron chi connectivity index (χ2n) is 5.93. The van der Waals surface area contributed by atoms with Gasteiger partial charge in [-0.2, -0.15) is 0 Å². The van der Waals surface area contributed by atoms with Crippen LogP contribution in [0, 0.1) is 10.6 Å². The zero-order valence-electron chi connectivity index (χ0n) is 14.3. The number of nitrogens with one attached hydrogen (secondary N) is 1. The van der Waals surface area contributed by atoms with Crippen molar-refractivity contribution in [2.45, 2.75) is 19.5 Å². The standard InChI is InChI=1S/C16H17ClFN3O5S/c1-27(19,26)8-7-21-15(24)11(10-3-2-4-12(18)14(10)17)9-20(16(21)25)6-5-13(22)23/h2-4,9,19H,5-8H2,1H3,(H,22,23). The minimum absolute atomic E-state index is 0.0441. The van der Waals surface area contributed by atoms with Crippen LogP contribution in [0.2, 0.25) is 5.02 Å². The Labute approximate surface area is 158 Å². The Bertz CT molecular complexity index is 1110. The summed E-state index contributed by atoms with van der Waals surface area (Å²) in [4.78, 5) is 36.1. The minimum atomic E-state index is -2.97. The third-order valence-corrected chi connectivity index (χ3v) is 5.10. The summed E-state index contributed by atoms with van der Waals surface area (Å²) in [6.45, 7) is -0.527. The molecule has 0 saturated heterocycles. The van der Waals surface area contributed by atoms with Crippen molar-refractivity contribution in [3.8, 4) is 11.1 Å². The second kappa shape index (κ2) is 8.05. The third kappa shape index (κ3) is 5.04. The van der Waals surface area contributed by atoms with E-state index in [0.717, 1.165) is 21.4 Å². The summed E-state index contributed by atoms with van der Waals surface area (Å²) in [6.07, 6.45) is 1.93. The number of aromatic nitrogens is 2. The molecule has 2 N–H and O–H groups in total. The summed E-state index contributed by atoms with van der Waals surface area (Å²) >= 11 is 5.94. The molecule has 2 aromatic rings. The topological polar surface area (TPSA) is 122 Å². The van der Waals surface area contributed by atoms with Gasteiger partial charge in [-0.15, -0.1) is 0 Å². The highest BCUT2D eigenvalue weighted by Gasteiger charge is 2.18. The van der Waals surface area contributed by atoms with Gasteiger partial charge in [0.1, 0.15) is 5.82 Å². The van der Waals surface area contributed by atoms with Gasteiger partial charge >= 0.3 is 11.7 Å². The molecule has 8 nitrogen and oxygen atoms in total. The number of aryl methyl sites for hydroxylation is 1. The molecule has 11 heteroatoms. The van der Waals surface area contributed by atoms with Gasteiger partial charge in [-0.25, -0.2) is 9.18 Å². The van der Waals surface area contributed by atoms with Crippen LogP contribution in [-0.4, -0.2) is 36.4 Å². The second-order valence-corrected chi connectivity index (χ2v) is 8.73. The fraction of sp³-hybridized carbons (Fsp3) is 0.312. The first-order valence-corrected chi connectivity index (χ1v) is 10.2. The van der Waals surface area contributed by atoms with E-state index in [1.807, 2.05) is 0 Å². The van der Waals surface area contributed by atoms with Crippen LogP contribution in [0.5, 0.6) is 0 Å². The van der Waals surface area contributed by atoms with E-state index in [4.69, 9.17) is 21.5 Å². The van der Waals surface area contributed by atoms with E-state index >= 15 is 0 Å². The van der Waals surface area contributed by atoms with Gasteiger partial charge in [-0.1, -0.05) is 23.7 Å². The third-order valence-electron chi connectivity index (χ3n) is 3.75.